The summed E-state index contributed by atoms with van der Waals surface area (Å²) in [5.41, 5.74) is 2.76. The summed E-state index contributed by atoms with van der Waals surface area (Å²) in [7, 11) is 0. The number of esters is 1. The number of rotatable bonds is 5. The van der Waals surface area contributed by atoms with Crippen molar-refractivity contribution in [3.63, 3.8) is 0 Å². The van der Waals surface area contributed by atoms with Gasteiger partial charge in [0.25, 0.3) is 5.91 Å². The molecule has 0 aliphatic rings. The Labute approximate surface area is 164 Å². The number of fused-ring (bicyclic) bond motifs is 1. The van der Waals surface area contributed by atoms with Gasteiger partial charge in [0.2, 0.25) is 0 Å². The molecule has 0 spiro atoms. The number of hydrogen-bond acceptors (Lipinski definition) is 6. The molecule has 8 heteroatoms. The molecule has 7 nitrogen and oxygen atoms in total. The van der Waals surface area contributed by atoms with Crippen molar-refractivity contribution in [1.82, 2.24) is 9.38 Å². The number of anilines is 1. The molecule has 4 aromatic rings. The average Bonchev–Trinajstić information content (AvgIpc) is 3.41. The highest BCUT2D eigenvalue weighted by molar-refractivity contribution is 7.15. The highest BCUT2D eigenvalue weighted by Gasteiger charge is 2.25. The first-order chi connectivity index (χ1) is 13.6. The smallest absolute Gasteiger partial charge is 0.341 e. The Morgan fingerprint density at radius 2 is 2.14 bits per heavy atom. The van der Waals surface area contributed by atoms with Crippen molar-refractivity contribution < 1.29 is 18.7 Å². The molecule has 4 heterocycles. The third kappa shape index (κ3) is 3.18. The predicted octanol–water partition coefficient (Wildman–Crippen LogP) is 4.39. The number of thiophene rings is 1. The van der Waals surface area contributed by atoms with Crippen molar-refractivity contribution in [1.29, 1.82) is 0 Å². The van der Waals surface area contributed by atoms with Gasteiger partial charge in [0.05, 0.1) is 12.9 Å². The van der Waals surface area contributed by atoms with Crippen molar-refractivity contribution in [3.05, 3.63) is 65.1 Å². The second-order valence-electron chi connectivity index (χ2n) is 6.03. The van der Waals surface area contributed by atoms with Gasteiger partial charge >= 0.3 is 5.97 Å². The van der Waals surface area contributed by atoms with Gasteiger partial charge in [-0.15, -0.1) is 11.3 Å². The molecule has 4 aromatic heterocycles. The Morgan fingerprint density at radius 3 is 2.86 bits per heavy atom. The van der Waals surface area contributed by atoms with Crippen molar-refractivity contribution in [2.45, 2.75) is 13.8 Å². The Morgan fingerprint density at radius 1 is 1.29 bits per heavy atom. The lowest BCUT2D eigenvalue weighted by Gasteiger charge is -2.07. The summed E-state index contributed by atoms with van der Waals surface area (Å²) in [5.74, 6) is -0.388. The van der Waals surface area contributed by atoms with Gasteiger partial charge in [-0.2, -0.15) is 0 Å². The van der Waals surface area contributed by atoms with Crippen LogP contribution in [-0.2, 0) is 4.74 Å². The van der Waals surface area contributed by atoms with Crippen LogP contribution in [0.1, 0.15) is 33.5 Å². The van der Waals surface area contributed by atoms with E-state index in [1.54, 1.807) is 30.6 Å². The summed E-state index contributed by atoms with van der Waals surface area (Å²) in [6, 6.07) is 9.13. The zero-order valence-electron chi connectivity index (χ0n) is 15.3. The number of carbonyl (C=O) groups excluding carboxylic acids is 2. The molecule has 1 amide bonds. The van der Waals surface area contributed by atoms with E-state index in [1.165, 1.54) is 17.6 Å². The van der Waals surface area contributed by atoms with Crippen LogP contribution in [0.3, 0.4) is 0 Å². The third-order valence-corrected chi connectivity index (χ3v) is 5.11. The summed E-state index contributed by atoms with van der Waals surface area (Å²) in [6.45, 7) is 3.89. The highest BCUT2D eigenvalue weighted by Crippen LogP contribution is 2.36. The number of ether oxygens (including phenoxy) is 1. The van der Waals surface area contributed by atoms with Crippen LogP contribution in [0, 0.1) is 6.92 Å². The van der Waals surface area contributed by atoms with Gasteiger partial charge in [0.1, 0.15) is 27.7 Å². The second kappa shape index (κ2) is 7.32. The quantitative estimate of drug-likeness (QED) is 0.507. The SMILES string of the molecule is CCOC(=O)c1c(-c2ccco2)csc1NC(=O)c1cn2c(C)cccc2n1. The van der Waals surface area contributed by atoms with Gasteiger partial charge in [-0.1, -0.05) is 6.07 Å². The van der Waals surface area contributed by atoms with Crippen LogP contribution in [0.2, 0.25) is 0 Å². The van der Waals surface area contributed by atoms with E-state index in [9.17, 15) is 9.59 Å². The largest absolute Gasteiger partial charge is 0.464 e. The van der Waals surface area contributed by atoms with Gasteiger partial charge in [0.15, 0.2) is 0 Å². The minimum Gasteiger partial charge on any atom is -0.464 e. The van der Waals surface area contributed by atoms with Gasteiger partial charge < -0.3 is 18.9 Å². The number of nitrogens with one attached hydrogen (secondary N) is 1. The van der Waals surface area contributed by atoms with Crippen molar-refractivity contribution in [3.8, 4) is 11.3 Å². The van der Waals surface area contributed by atoms with Crippen LogP contribution in [0.5, 0.6) is 0 Å². The van der Waals surface area contributed by atoms with E-state index in [-0.39, 0.29) is 17.9 Å². The van der Waals surface area contributed by atoms with Crippen LogP contribution in [-0.4, -0.2) is 27.9 Å². The van der Waals surface area contributed by atoms with Gasteiger partial charge in [-0.25, -0.2) is 9.78 Å². The maximum absolute atomic E-state index is 12.8. The zero-order valence-corrected chi connectivity index (χ0v) is 16.1. The minimum atomic E-state index is -0.517. The lowest BCUT2D eigenvalue weighted by Crippen LogP contribution is -2.15. The first-order valence-electron chi connectivity index (χ1n) is 8.67. The standard InChI is InChI=1S/C20H17N3O4S/c1-3-26-20(25)17-13(15-7-5-9-27-15)11-28-19(17)22-18(24)14-10-23-12(2)6-4-8-16(23)21-14/h4-11H,3H2,1-2H3,(H,22,24). The molecule has 0 fully saturated rings. The van der Waals surface area contributed by atoms with E-state index in [2.05, 4.69) is 10.3 Å². The van der Waals surface area contributed by atoms with Gasteiger partial charge in [0, 0.05) is 22.8 Å². The van der Waals surface area contributed by atoms with E-state index < -0.39 is 11.9 Å². The van der Waals surface area contributed by atoms with Crippen LogP contribution >= 0.6 is 11.3 Å². The molecule has 0 unspecified atom stereocenters. The number of pyridine rings is 1. The number of nitrogens with zero attached hydrogens (tertiary/aromatic N) is 2. The van der Waals surface area contributed by atoms with E-state index in [0.29, 0.717) is 22.0 Å². The molecule has 0 aliphatic carbocycles. The fourth-order valence-corrected chi connectivity index (χ4v) is 3.83. The number of amides is 1. The summed E-state index contributed by atoms with van der Waals surface area (Å²) in [4.78, 5) is 29.6. The number of imidazole rings is 1. The maximum atomic E-state index is 12.8. The Balaban J connectivity index is 1.69. The first kappa shape index (κ1) is 18.0. The number of furan rings is 1. The molecule has 4 rings (SSSR count). The second-order valence-corrected chi connectivity index (χ2v) is 6.91. The molecular weight excluding hydrogens is 378 g/mol. The van der Waals surface area contributed by atoms with Crippen molar-refractivity contribution in [2.75, 3.05) is 11.9 Å². The van der Waals surface area contributed by atoms with Crippen molar-refractivity contribution >= 4 is 33.9 Å². The number of aryl methyl sites for hydroxylation is 1. The molecule has 142 valence electrons. The van der Waals surface area contributed by atoms with Gasteiger partial charge in [-0.05, 0) is 38.1 Å². The molecule has 0 aliphatic heterocycles. The number of aromatic nitrogens is 2. The average molecular weight is 395 g/mol. The normalized spacial score (nSPS) is 10.9. The monoisotopic (exact) mass is 395 g/mol. The van der Waals surface area contributed by atoms with E-state index in [4.69, 9.17) is 9.15 Å². The molecular formula is C20H17N3O4S. The molecule has 1 N–H and O–H groups in total. The summed E-state index contributed by atoms with van der Waals surface area (Å²) in [5, 5.41) is 4.94. The van der Waals surface area contributed by atoms with Crippen LogP contribution in [0.15, 0.2) is 52.6 Å². The molecule has 0 atom stereocenters. The topological polar surface area (TPSA) is 85.8 Å². The Bertz CT molecular complexity index is 1160. The van der Waals surface area contributed by atoms with Gasteiger partial charge in [-0.3, -0.25) is 4.79 Å². The fourth-order valence-electron chi connectivity index (χ4n) is 2.89. The lowest BCUT2D eigenvalue weighted by molar-refractivity contribution is 0.0529. The van der Waals surface area contributed by atoms with E-state index in [1.807, 2.05) is 29.5 Å². The minimum absolute atomic E-state index is 0.228. The van der Waals surface area contributed by atoms with E-state index >= 15 is 0 Å². The number of carbonyl (C=O) groups is 2. The molecule has 0 saturated carbocycles. The molecule has 28 heavy (non-hydrogen) atoms. The molecule has 0 saturated heterocycles. The Hall–Kier alpha value is -3.39. The lowest BCUT2D eigenvalue weighted by atomic mass is 10.1. The highest BCUT2D eigenvalue weighted by atomic mass is 32.1. The summed E-state index contributed by atoms with van der Waals surface area (Å²) < 4.78 is 12.4. The summed E-state index contributed by atoms with van der Waals surface area (Å²) >= 11 is 1.23. The predicted molar refractivity (Wildman–Crippen MR) is 106 cm³/mol. The summed E-state index contributed by atoms with van der Waals surface area (Å²) in [6.07, 6.45) is 3.20. The van der Waals surface area contributed by atoms with Crippen molar-refractivity contribution in [2.24, 2.45) is 0 Å². The maximum Gasteiger partial charge on any atom is 0.341 e. The van der Waals surface area contributed by atoms with Crippen LogP contribution < -0.4 is 5.32 Å². The first-order valence-corrected chi connectivity index (χ1v) is 9.55. The molecule has 0 bridgehead atoms. The molecule has 0 radical (unpaired) electrons. The van der Waals surface area contributed by atoms with E-state index in [0.717, 1.165) is 5.69 Å². The van der Waals surface area contributed by atoms with Crippen LogP contribution in [0.4, 0.5) is 5.00 Å². The van der Waals surface area contributed by atoms with Crippen LogP contribution in [0.25, 0.3) is 17.0 Å². The third-order valence-electron chi connectivity index (χ3n) is 4.21. The fraction of sp³-hybridized carbons (Fsp3) is 0.150. The Kier molecular flexibility index (Phi) is 4.70. The number of hydrogen-bond donors (Lipinski definition) is 1. The zero-order chi connectivity index (χ0) is 19.7. The molecule has 0 aromatic carbocycles.